The lowest BCUT2D eigenvalue weighted by Crippen LogP contribution is -3.00. The SMILES string of the molecule is COc1ccccc1COc1cccn2c(C[N+](C)(C)C)c(C)nc12.[I-]. The molecule has 0 fully saturated rings. The van der Waals surface area contributed by atoms with Crippen molar-refractivity contribution in [1.29, 1.82) is 0 Å². The third kappa shape index (κ3) is 4.48. The molecule has 140 valence electrons. The fraction of sp³-hybridized carbons (Fsp3) is 0.350. The summed E-state index contributed by atoms with van der Waals surface area (Å²) in [6.45, 7) is 3.41. The molecule has 3 rings (SSSR count). The first-order chi connectivity index (χ1) is 11.9. The van der Waals surface area contributed by atoms with Gasteiger partial charge in [-0.3, -0.25) is 4.40 Å². The molecule has 3 aromatic rings. The van der Waals surface area contributed by atoms with Crippen LogP contribution in [0.3, 0.4) is 0 Å². The summed E-state index contributed by atoms with van der Waals surface area (Å²) < 4.78 is 14.5. The number of quaternary nitrogens is 1. The van der Waals surface area contributed by atoms with E-state index in [0.29, 0.717) is 6.61 Å². The molecular weight excluding hydrogens is 441 g/mol. The average molecular weight is 467 g/mol. The van der Waals surface area contributed by atoms with Gasteiger partial charge in [0.1, 0.15) is 24.6 Å². The van der Waals surface area contributed by atoms with Crippen molar-refractivity contribution >= 4 is 5.65 Å². The number of benzene rings is 1. The first kappa shape index (κ1) is 20.5. The number of hydrogen-bond donors (Lipinski definition) is 0. The second-order valence-corrected chi connectivity index (χ2v) is 7.26. The lowest BCUT2D eigenvalue weighted by molar-refractivity contribution is -0.884. The standard InChI is InChI=1S/C20H26N3O2.HI/c1-15-17(13-23(2,3)4)22-12-8-11-19(20(22)21-15)25-14-16-9-6-7-10-18(16)24-5;/h6-12H,13-14H2,1-5H3;1H/q+1;/p-1. The zero-order chi connectivity index (χ0) is 18.0. The van der Waals surface area contributed by atoms with Crippen molar-refractivity contribution in [2.45, 2.75) is 20.1 Å². The number of nitrogens with zero attached hydrogens (tertiary/aromatic N) is 3. The minimum Gasteiger partial charge on any atom is -1.00 e. The first-order valence-corrected chi connectivity index (χ1v) is 8.41. The lowest BCUT2D eigenvalue weighted by atomic mass is 10.2. The molecule has 0 saturated heterocycles. The molecule has 6 heteroatoms. The molecule has 0 bridgehead atoms. The Balaban J connectivity index is 0.00000243. The molecule has 0 aliphatic rings. The molecule has 2 heterocycles. The van der Waals surface area contributed by atoms with Crippen LogP contribution in [0.4, 0.5) is 0 Å². The van der Waals surface area contributed by atoms with Gasteiger partial charge in [0.05, 0.1) is 33.9 Å². The number of ether oxygens (including phenoxy) is 2. The Morgan fingerprint density at radius 2 is 1.73 bits per heavy atom. The van der Waals surface area contributed by atoms with Gasteiger partial charge in [0.25, 0.3) is 0 Å². The number of aryl methyl sites for hydroxylation is 1. The minimum atomic E-state index is 0. The first-order valence-electron chi connectivity index (χ1n) is 8.41. The van der Waals surface area contributed by atoms with E-state index in [1.165, 1.54) is 5.69 Å². The second kappa shape index (κ2) is 8.26. The topological polar surface area (TPSA) is 35.8 Å². The largest absolute Gasteiger partial charge is 1.00 e. The summed E-state index contributed by atoms with van der Waals surface area (Å²) in [6.07, 6.45) is 2.05. The quantitative estimate of drug-likeness (QED) is 0.390. The van der Waals surface area contributed by atoms with Crippen molar-refractivity contribution in [1.82, 2.24) is 9.38 Å². The van der Waals surface area contributed by atoms with Gasteiger partial charge >= 0.3 is 0 Å². The molecule has 0 N–H and O–H groups in total. The molecule has 0 amide bonds. The molecular formula is C20H26IN3O2. The molecule has 0 saturated carbocycles. The second-order valence-electron chi connectivity index (χ2n) is 7.26. The number of pyridine rings is 1. The highest BCUT2D eigenvalue weighted by atomic mass is 127. The van der Waals surface area contributed by atoms with Gasteiger partial charge < -0.3 is 37.9 Å². The molecule has 0 spiro atoms. The Kier molecular flexibility index (Phi) is 6.52. The maximum absolute atomic E-state index is 6.08. The third-order valence-corrected chi connectivity index (χ3v) is 4.11. The van der Waals surface area contributed by atoms with Crippen LogP contribution < -0.4 is 33.5 Å². The van der Waals surface area contributed by atoms with E-state index in [4.69, 9.17) is 14.5 Å². The maximum atomic E-state index is 6.08. The highest BCUT2D eigenvalue weighted by Crippen LogP contribution is 2.25. The van der Waals surface area contributed by atoms with Crippen LogP contribution in [0.1, 0.15) is 17.0 Å². The van der Waals surface area contributed by atoms with Crippen molar-refractivity contribution in [3.05, 3.63) is 59.5 Å². The summed E-state index contributed by atoms with van der Waals surface area (Å²) in [4.78, 5) is 4.75. The van der Waals surface area contributed by atoms with Crippen LogP contribution in [0, 0.1) is 6.92 Å². The Hall–Kier alpha value is -1.80. The minimum absolute atomic E-state index is 0. The maximum Gasteiger partial charge on any atom is 0.180 e. The summed E-state index contributed by atoms with van der Waals surface area (Å²) in [5.41, 5.74) is 4.13. The van der Waals surface area contributed by atoms with Gasteiger partial charge in [-0.25, -0.2) is 4.98 Å². The Bertz CT molecular complexity index is 884. The van der Waals surface area contributed by atoms with E-state index in [1.807, 2.05) is 36.4 Å². The van der Waals surface area contributed by atoms with E-state index in [2.05, 4.69) is 38.7 Å². The van der Waals surface area contributed by atoms with E-state index >= 15 is 0 Å². The molecule has 0 unspecified atom stereocenters. The zero-order valence-corrected chi connectivity index (χ0v) is 18.1. The number of rotatable bonds is 6. The Labute approximate surface area is 172 Å². The molecule has 1 aromatic carbocycles. The Morgan fingerprint density at radius 1 is 1.04 bits per heavy atom. The summed E-state index contributed by atoms with van der Waals surface area (Å²) in [5, 5.41) is 0. The number of halogens is 1. The van der Waals surface area contributed by atoms with Crippen LogP contribution in [0.5, 0.6) is 11.5 Å². The van der Waals surface area contributed by atoms with Crippen molar-refractivity contribution in [2.75, 3.05) is 28.3 Å². The van der Waals surface area contributed by atoms with Crippen molar-refractivity contribution in [2.24, 2.45) is 0 Å². The van der Waals surface area contributed by atoms with Gasteiger partial charge in [-0.1, -0.05) is 18.2 Å². The highest BCUT2D eigenvalue weighted by molar-refractivity contribution is 5.56. The van der Waals surface area contributed by atoms with Gasteiger partial charge in [-0.2, -0.15) is 0 Å². The van der Waals surface area contributed by atoms with Crippen LogP contribution in [0.2, 0.25) is 0 Å². The van der Waals surface area contributed by atoms with E-state index < -0.39 is 0 Å². The van der Waals surface area contributed by atoms with Crippen LogP contribution >= 0.6 is 0 Å². The summed E-state index contributed by atoms with van der Waals surface area (Å²) in [5.74, 6) is 1.61. The molecule has 0 aliphatic heterocycles. The fourth-order valence-corrected chi connectivity index (χ4v) is 2.94. The van der Waals surface area contributed by atoms with E-state index in [1.54, 1.807) is 7.11 Å². The van der Waals surface area contributed by atoms with Gasteiger partial charge in [-0.05, 0) is 25.1 Å². The zero-order valence-electron chi connectivity index (χ0n) is 16.0. The van der Waals surface area contributed by atoms with Crippen molar-refractivity contribution in [3.63, 3.8) is 0 Å². The van der Waals surface area contributed by atoms with Crippen molar-refractivity contribution < 1.29 is 37.9 Å². The van der Waals surface area contributed by atoms with Crippen LogP contribution in [-0.4, -0.2) is 42.1 Å². The van der Waals surface area contributed by atoms with Crippen LogP contribution in [0.25, 0.3) is 5.65 Å². The molecule has 26 heavy (non-hydrogen) atoms. The molecule has 2 aromatic heterocycles. The summed E-state index contributed by atoms with van der Waals surface area (Å²) in [7, 11) is 8.22. The number of fused-ring (bicyclic) bond motifs is 1. The van der Waals surface area contributed by atoms with E-state index in [0.717, 1.165) is 39.4 Å². The summed E-state index contributed by atoms with van der Waals surface area (Å²) in [6, 6.07) is 11.9. The van der Waals surface area contributed by atoms with Gasteiger partial charge in [-0.15, -0.1) is 0 Å². The lowest BCUT2D eigenvalue weighted by Gasteiger charge is -2.23. The molecule has 0 radical (unpaired) electrons. The van der Waals surface area contributed by atoms with Crippen molar-refractivity contribution in [3.8, 4) is 11.5 Å². The average Bonchev–Trinajstić information content (AvgIpc) is 2.88. The number of hydrogen-bond acceptors (Lipinski definition) is 3. The summed E-state index contributed by atoms with van der Waals surface area (Å²) >= 11 is 0. The van der Waals surface area contributed by atoms with Crippen LogP contribution in [0.15, 0.2) is 42.6 Å². The van der Waals surface area contributed by atoms with Gasteiger partial charge in [0.15, 0.2) is 11.4 Å². The Morgan fingerprint density at radius 3 is 2.42 bits per heavy atom. The van der Waals surface area contributed by atoms with Gasteiger partial charge in [0, 0.05) is 11.8 Å². The number of aromatic nitrogens is 2. The number of methoxy groups -OCH3 is 1. The fourth-order valence-electron chi connectivity index (χ4n) is 2.94. The normalized spacial score (nSPS) is 11.3. The molecule has 0 aliphatic carbocycles. The predicted molar refractivity (Wildman–Crippen MR) is 99.0 cm³/mol. The predicted octanol–water partition coefficient (Wildman–Crippen LogP) is 0.441. The highest BCUT2D eigenvalue weighted by Gasteiger charge is 2.18. The number of imidazole rings is 1. The van der Waals surface area contributed by atoms with Gasteiger partial charge in [0.2, 0.25) is 0 Å². The smallest absolute Gasteiger partial charge is 0.180 e. The number of para-hydroxylation sites is 1. The third-order valence-electron chi connectivity index (χ3n) is 4.11. The van der Waals surface area contributed by atoms with E-state index in [-0.39, 0.29) is 24.0 Å². The molecule has 0 atom stereocenters. The van der Waals surface area contributed by atoms with E-state index in [9.17, 15) is 0 Å². The molecule has 5 nitrogen and oxygen atoms in total. The monoisotopic (exact) mass is 467 g/mol. The van der Waals surface area contributed by atoms with Crippen LogP contribution in [-0.2, 0) is 13.2 Å².